The average Bonchev–Trinajstić information content (AvgIpc) is 2.91. The first-order chi connectivity index (χ1) is 13.2. The van der Waals surface area contributed by atoms with Gasteiger partial charge in [-0.15, -0.1) is 0 Å². The molecule has 0 bridgehead atoms. The van der Waals surface area contributed by atoms with Crippen molar-refractivity contribution in [2.24, 2.45) is 0 Å². The van der Waals surface area contributed by atoms with E-state index in [0.717, 1.165) is 58.6 Å². The van der Waals surface area contributed by atoms with Crippen LogP contribution in [0.2, 0.25) is 0 Å². The summed E-state index contributed by atoms with van der Waals surface area (Å²) in [5.74, 6) is 0.898. The highest BCUT2D eigenvalue weighted by Crippen LogP contribution is 2.35. The first-order valence-electron chi connectivity index (χ1n) is 9.23. The number of nitrogens with zero attached hydrogens (tertiary/aromatic N) is 1. The summed E-state index contributed by atoms with van der Waals surface area (Å²) >= 11 is 1.56. The Kier molecular flexibility index (Phi) is 5.30. The number of thioether (sulfide) groups is 1. The van der Waals surface area contributed by atoms with E-state index < -0.39 is 0 Å². The Bertz CT molecular complexity index is 959. The molecule has 0 radical (unpaired) electrons. The van der Waals surface area contributed by atoms with Crippen LogP contribution in [0.25, 0.3) is 22.0 Å². The summed E-state index contributed by atoms with van der Waals surface area (Å²) in [4.78, 5) is 17.2. The second kappa shape index (κ2) is 8.01. The fraction of sp³-hybridized carbons (Fsp3) is 0.273. The first kappa shape index (κ1) is 17.9. The minimum absolute atomic E-state index is 0.0910. The van der Waals surface area contributed by atoms with Crippen LogP contribution < -0.4 is 10.1 Å². The lowest BCUT2D eigenvalue weighted by Gasteiger charge is -2.15. The Hall–Kier alpha value is -2.53. The zero-order chi connectivity index (χ0) is 18.6. The number of fused-ring (bicyclic) bond motifs is 1. The van der Waals surface area contributed by atoms with Crippen LogP contribution in [0.3, 0.4) is 0 Å². The van der Waals surface area contributed by atoms with Crippen molar-refractivity contribution in [3.8, 4) is 16.9 Å². The molecule has 138 valence electrons. The largest absolute Gasteiger partial charge is 0.497 e. The van der Waals surface area contributed by atoms with Crippen molar-refractivity contribution in [1.29, 1.82) is 0 Å². The van der Waals surface area contributed by atoms with Gasteiger partial charge >= 0.3 is 0 Å². The molecular formula is C22H22N2O2S. The van der Waals surface area contributed by atoms with Crippen molar-refractivity contribution in [3.05, 3.63) is 54.6 Å². The van der Waals surface area contributed by atoms with E-state index in [0.29, 0.717) is 0 Å². The van der Waals surface area contributed by atoms with Crippen molar-refractivity contribution in [2.75, 3.05) is 13.7 Å². The smallest absolute Gasteiger partial charge is 0.233 e. The number of rotatable bonds is 4. The average molecular weight is 378 g/mol. The van der Waals surface area contributed by atoms with Gasteiger partial charge in [0.25, 0.3) is 0 Å². The van der Waals surface area contributed by atoms with Crippen molar-refractivity contribution >= 4 is 28.6 Å². The number of benzene rings is 2. The Morgan fingerprint density at radius 2 is 1.96 bits per heavy atom. The number of nitrogens with one attached hydrogen (secondary N) is 1. The van der Waals surface area contributed by atoms with E-state index in [1.165, 1.54) is 0 Å². The third kappa shape index (κ3) is 3.93. The molecule has 4 rings (SSSR count). The standard InChI is InChI=1S/C22H22N2O2S/c1-26-16-10-11-17-18(15-7-3-2-4-8-15)14-21(24-19(17)13-16)27-20-9-5-6-12-23-22(20)25/h2-4,7-8,10-11,13-14,20H,5-6,9,12H2,1H3,(H,23,25)/t20-/m0/s1. The van der Waals surface area contributed by atoms with E-state index >= 15 is 0 Å². The van der Waals surface area contributed by atoms with Crippen LogP contribution in [0.15, 0.2) is 59.6 Å². The Labute approximate surface area is 163 Å². The topological polar surface area (TPSA) is 51.2 Å². The summed E-state index contributed by atoms with van der Waals surface area (Å²) in [7, 11) is 1.66. The number of hydrogen-bond acceptors (Lipinski definition) is 4. The van der Waals surface area contributed by atoms with Crippen LogP contribution in [0.1, 0.15) is 19.3 Å². The predicted molar refractivity (Wildman–Crippen MR) is 110 cm³/mol. The Morgan fingerprint density at radius 3 is 2.78 bits per heavy atom. The molecule has 5 heteroatoms. The minimum atomic E-state index is -0.0910. The van der Waals surface area contributed by atoms with Gasteiger partial charge in [0.15, 0.2) is 0 Å². The molecule has 2 heterocycles. The third-order valence-corrected chi connectivity index (χ3v) is 6.01. The molecule has 0 saturated carbocycles. The lowest BCUT2D eigenvalue weighted by Crippen LogP contribution is -2.30. The maximum absolute atomic E-state index is 12.4. The van der Waals surface area contributed by atoms with Crippen LogP contribution in [0.4, 0.5) is 0 Å². The molecule has 27 heavy (non-hydrogen) atoms. The molecule has 0 unspecified atom stereocenters. The van der Waals surface area contributed by atoms with Gasteiger partial charge in [0.05, 0.1) is 22.9 Å². The molecule has 1 aromatic heterocycles. The van der Waals surface area contributed by atoms with E-state index in [1.807, 2.05) is 30.3 Å². The Morgan fingerprint density at radius 1 is 1.11 bits per heavy atom. The van der Waals surface area contributed by atoms with Crippen LogP contribution in [-0.4, -0.2) is 29.8 Å². The highest BCUT2D eigenvalue weighted by atomic mass is 32.2. The van der Waals surface area contributed by atoms with E-state index in [-0.39, 0.29) is 11.2 Å². The van der Waals surface area contributed by atoms with Crippen molar-refractivity contribution in [3.63, 3.8) is 0 Å². The van der Waals surface area contributed by atoms with Crippen LogP contribution >= 0.6 is 11.8 Å². The number of carbonyl (C=O) groups is 1. The maximum Gasteiger partial charge on any atom is 0.233 e. The van der Waals surface area contributed by atoms with Gasteiger partial charge in [0.2, 0.25) is 5.91 Å². The minimum Gasteiger partial charge on any atom is -0.497 e. The molecular weight excluding hydrogens is 356 g/mol. The van der Waals surface area contributed by atoms with Crippen LogP contribution in [0.5, 0.6) is 5.75 Å². The maximum atomic E-state index is 12.4. The van der Waals surface area contributed by atoms with E-state index in [4.69, 9.17) is 9.72 Å². The second-order valence-corrected chi connectivity index (χ2v) is 7.87. The summed E-state index contributed by atoms with van der Waals surface area (Å²) in [5, 5.41) is 4.87. The number of methoxy groups -OCH3 is 1. The van der Waals surface area contributed by atoms with Crippen LogP contribution in [0, 0.1) is 0 Å². The van der Waals surface area contributed by atoms with Gasteiger partial charge in [0.1, 0.15) is 5.75 Å². The van der Waals surface area contributed by atoms with Gasteiger partial charge in [-0.2, -0.15) is 0 Å². The van der Waals surface area contributed by atoms with Gasteiger partial charge in [-0.05, 0) is 42.2 Å². The molecule has 0 spiro atoms. The van der Waals surface area contributed by atoms with Crippen molar-refractivity contribution in [1.82, 2.24) is 10.3 Å². The van der Waals surface area contributed by atoms with Crippen molar-refractivity contribution in [2.45, 2.75) is 29.5 Å². The fourth-order valence-corrected chi connectivity index (χ4v) is 4.50. The summed E-state index contributed by atoms with van der Waals surface area (Å²) in [5.41, 5.74) is 3.15. The lowest BCUT2D eigenvalue weighted by molar-refractivity contribution is -0.120. The molecule has 1 amide bonds. The molecule has 1 fully saturated rings. The summed E-state index contributed by atoms with van der Waals surface area (Å²) < 4.78 is 5.38. The van der Waals surface area contributed by atoms with Gasteiger partial charge in [-0.3, -0.25) is 4.79 Å². The van der Waals surface area contributed by atoms with Gasteiger partial charge in [-0.25, -0.2) is 4.98 Å². The summed E-state index contributed by atoms with van der Waals surface area (Å²) in [6.45, 7) is 0.771. The SMILES string of the molecule is COc1ccc2c(-c3ccccc3)cc(S[C@H]3CCCCNC3=O)nc2c1. The number of ether oxygens (including phenoxy) is 1. The quantitative estimate of drug-likeness (QED) is 0.717. The van der Waals surface area contributed by atoms with Crippen LogP contribution in [-0.2, 0) is 4.79 Å². The van der Waals surface area contributed by atoms with Gasteiger partial charge in [-0.1, -0.05) is 48.5 Å². The van der Waals surface area contributed by atoms with Crippen molar-refractivity contribution < 1.29 is 9.53 Å². The zero-order valence-electron chi connectivity index (χ0n) is 15.3. The number of aromatic nitrogens is 1. The van der Waals surface area contributed by atoms with Gasteiger partial charge < -0.3 is 10.1 Å². The molecule has 1 atom stereocenters. The molecule has 0 aliphatic carbocycles. The molecule has 1 aliphatic heterocycles. The normalized spacial score (nSPS) is 17.4. The molecule has 1 saturated heterocycles. The summed E-state index contributed by atoms with van der Waals surface area (Å²) in [6, 6.07) is 18.4. The van der Waals surface area contributed by atoms with Gasteiger partial charge in [0, 0.05) is 18.0 Å². The Balaban J connectivity index is 1.79. The highest BCUT2D eigenvalue weighted by molar-refractivity contribution is 8.00. The lowest BCUT2D eigenvalue weighted by atomic mass is 10.0. The monoisotopic (exact) mass is 378 g/mol. The second-order valence-electron chi connectivity index (χ2n) is 6.65. The van der Waals surface area contributed by atoms with E-state index in [1.54, 1.807) is 18.9 Å². The fourth-order valence-electron chi connectivity index (χ4n) is 3.40. The zero-order valence-corrected chi connectivity index (χ0v) is 16.1. The van der Waals surface area contributed by atoms with E-state index in [9.17, 15) is 4.79 Å². The number of carbonyl (C=O) groups excluding carboxylic acids is 1. The molecule has 1 N–H and O–H groups in total. The predicted octanol–water partition coefficient (Wildman–Crippen LogP) is 4.67. The molecule has 1 aliphatic rings. The number of pyridine rings is 1. The highest BCUT2D eigenvalue weighted by Gasteiger charge is 2.23. The summed E-state index contributed by atoms with van der Waals surface area (Å²) in [6.07, 6.45) is 2.98. The third-order valence-electron chi connectivity index (χ3n) is 4.83. The molecule has 3 aromatic rings. The van der Waals surface area contributed by atoms with E-state index in [2.05, 4.69) is 29.6 Å². The first-order valence-corrected chi connectivity index (χ1v) is 10.1. The number of hydrogen-bond donors (Lipinski definition) is 1. The molecule has 4 nitrogen and oxygen atoms in total. The molecule has 2 aromatic carbocycles. The number of amides is 1.